The fraction of sp³-hybridized carbons (Fsp3) is 0.417. The second kappa shape index (κ2) is 10.6. The van der Waals surface area contributed by atoms with Gasteiger partial charge in [-0.05, 0) is 56.0 Å². The molecule has 1 aliphatic heterocycles. The minimum absolute atomic E-state index is 0.129. The first-order valence-corrected chi connectivity index (χ1v) is 10.3. The number of nitrogens with zero attached hydrogens (tertiary/aromatic N) is 2. The third-order valence-corrected chi connectivity index (χ3v) is 5.28. The number of piperidine rings is 1. The van der Waals surface area contributed by atoms with Gasteiger partial charge >= 0.3 is 0 Å². The molecule has 2 aromatic carbocycles. The second-order valence-electron chi connectivity index (χ2n) is 7.57. The monoisotopic (exact) mass is 391 g/mol. The number of aryl methyl sites for hydroxylation is 1. The first kappa shape index (κ1) is 20.9. The Bertz CT molecular complexity index is 834. The van der Waals surface area contributed by atoms with Crippen molar-refractivity contribution in [1.29, 1.82) is 5.26 Å². The number of hydrogen-bond donors (Lipinski definition) is 1. The highest BCUT2D eigenvalue weighted by molar-refractivity contribution is 5.94. The predicted molar refractivity (Wildman–Crippen MR) is 114 cm³/mol. The molecule has 0 bridgehead atoms. The van der Waals surface area contributed by atoms with Gasteiger partial charge in [-0.15, -0.1) is 0 Å². The van der Waals surface area contributed by atoms with E-state index in [9.17, 15) is 4.79 Å². The smallest absolute Gasteiger partial charge is 0.253 e. The number of rotatable bonds is 8. The molecule has 5 nitrogen and oxygen atoms in total. The fourth-order valence-corrected chi connectivity index (χ4v) is 3.51. The maximum atomic E-state index is 12.6. The van der Waals surface area contributed by atoms with Crippen LogP contribution < -0.4 is 10.1 Å². The lowest BCUT2D eigenvalue weighted by Gasteiger charge is -2.32. The molecule has 2 aromatic rings. The third kappa shape index (κ3) is 6.33. The number of nitrogens with one attached hydrogen (secondary N) is 1. The molecule has 1 fully saturated rings. The molecule has 1 heterocycles. The SMILES string of the molecule is Cc1ccc(C(=O)N2CCC(NCc3cccc(OCCCC#N)c3)CC2)cc1. The fourth-order valence-electron chi connectivity index (χ4n) is 3.51. The molecular weight excluding hydrogens is 362 g/mol. The van der Waals surface area contributed by atoms with Crippen molar-refractivity contribution in [2.45, 2.75) is 45.2 Å². The summed E-state index contributed by atoms with van der Waals surface area (Å²) in [6, 6.07) is 18.4. The van der Waals surface area contributed by atoms with E-state index in [1.807, 2.05) is 48.2 Å². The standard InChI is InChI=1S/C24H29N3O2/c1-19-7-9-21(10-8-19)24(28)27-14-11-22(12-15-27)26-18-20-5-4-6-23(17-20)29-16-3-2-13-25/h4-10,17,22,26H,2-3,11-12,14-16,18H2,1H3. The lowest BCUT2D eigenvalue weighted by Crippen LogP contribution is -2.44. The molecule has 0 atom stereocenters. The van der Waals surface area contributed by atoms with Crippen molar-refractivity contribution in [3.05, 3.63) is 65.2 Å². The predicted octanol–water partition coefficient (Wildman–Crippen LogP) is 4.07. The zero-order chi connectivity index (χ0) is 20.5. The van der Waals surface area contributed by atoms with Crippen LogP contribution in [0.2, 0.25) is 0 Å². The first-order chi connectivity index (χ1) is 14.2. The van der Waals surface area contributed by atoms with E-state index in [0.29, 0.717) is 19.1 Å². The molecule has 0 unspecified atom stereocenters. The van der Waals surface area contributed by atoms with Crippen molar-refractivity contribution < 1.29 is 9.53 Å². The Morgan fingerprint density at radius 1 is 1.21 bits per heavy atom. The average molecular weight is 392 g/mol. The van der Waals surface area contributed by atoms with Crippen LogP contribution in [0.5, 0.6) is 5.75 Å². The summed E-state index contributed by atoms with van der Waals surface area (Å²) < 4.78 is 5.71. The topological polar surface area (TPSA) is 65.4 Å². The number of nitriles is 1. The largest absolute Gasteiger partial charge is 0.494 e. The van der Waals surface area contributed by atoms with Crippen LogP contribution >= 0.6 is 0 Å². The van der Waals surface area contributed by atoms with Crippen molar-refractivity contribution >= 4 is 5.91 Å². The Kier molecular flexibility index (Phi) is 7.66. The quantitative estimate of drug-likeness (QED) is 0.689. The average Bonchev–Trinajstić information content (AvgIpc) is 2.76. The summed E-state index contributed by atoms with van der Waals surface area (Å²) in [7, 11) is 0. The van der Waals surface area contributed by atoms with Crippen molar-refractivity contribution in [2.24, 2.45) is 0 Å². The molecule has 0 saturated carbocycles. The molecule has 3 rings (SSSR count). The summed E-state index contributed by atoms with van der Waals surface area (Å²) in [5.74, 6) is 0.977. The molecule has 0 aromatic heterocycles. The van der Waals surface area contributed by atoms with Gasteiger partial charge in [0.15, 0.2) is 0 Å². The maximum absolute atomic E-state index is 12.6. The molecule has 1 amide bonds. The van der Waals surface area contributed by atoms with Crippen LogP contribution in [0.4, 0.5) is 0 Å². The number of carbonyl (C=O) groups is 1. The van der Waals surface area contributed by atoms with Crippen molar-refractivity contribution in [1.82, 2.24) is 10.2 Å². The van der Waals surface area contributed by atoms with Crippen LogP contribution in [0.1, 0.15) is 47.2 Å². The van der Waals surface area contributed by atoms with Crippen LogP contribution in [0.25, 0.3) is 0 Å². The number of benzene rings is 2. The summed E-state index contributed by atoms with van der Waals surface area (Å²) >= 11 is 0. The number of unbranched alkanes of at least 4 members (excludes halogenated alkanes) is 1. The zero-order valence-electron chi connectivity index (χ0n) is 17.1. The van der Waals surface area contributed by atoms with E-state index in [2.05, 4.69) is 23.5 Å². The lowest BCUT2D eigenvalue weighted by molar-refractivity contribution is 0.0704. The Morgan fingerprint density at radius 2 is 1.97 bits per heavy atom. The Labute approximate surface area is 173 Å². The van der Waals surface area contributed by atoms with Crippen LogP contribution in [-0.4, -0.2) is 36.5 Å². The van der Waals surface area contributed by atoms with Gasteiger partial charge < -0.3 is 15.0 Å². The van der Waals surface area contributed by atoms with E-state index in [-0.39, 0.29) is 5.91 Å². The number of hydrogen-bond acceptors (Lipinski definition) is 4. The minimum atomic E-state index is 0.129. The van der Waals surface area contributed by atoms with E-state index >= 15 is 0 Å². The second-order valence-corrected chi connectivity index (χ2v) is 7.57. The van der Waals surface area contributed by atoms with Crippen LogP contribution in [-0.2, 0) is 6.54 Å². The van der Waals surface area contributed by atoms with Crippen molar-refractivity contribution in [2.75, 3.05) is 19.7 Å². The van der Waals surface area contributed by atoms with E-state index in [1.54, 1.807) is 0 Å². The van der Waals surface area contributed by atoms with Gasteiger partial charge in [0.2, 0.25) is 0 Å². The van der Waals surface area contributed by atoms with Crippen LogP contribution in [0.3, 0.4) is 0 Å². The van der Waals surface area contributed by atoms with Crippen molar-refractivity contribution in [3.63, 3.8) is 0 Å². The third-order valence-electron chi connectivity index (χ3n) is 5.28. The molecule has 5 heteroatoms. The number of ether oxygens (including phenoxy) is 1. The summed E-state index contributed by atoms with van der Waals surface area (Å²) in [6.07, 6.45) is 3.19. The maximum Gasteiger partial charge on any atom is 0.253 e. The number of amides is 1. The molecule has 152 valence electrons. The highest BCUT2D eigenvalue weighted by Gasteiger charge is 2.23. The number of likely N-dealkylation sites (tertiary alicyclic amines) is 1. The normalized spacial score (nSPS) is 14.4. The van der Waals surface area contributed by atoms with E-state index in [1.165, 1.54) is 11.1 Å². The van der Waals surface area contributed by atoms with Crippen LogP contribution in [0.15, 0.2) is 48.5 Å². The highest BCUT2D eigenvalue weighted by Crippen LogP contribution is 2.17. The minimum Gasteiger partial charge on any atom is -0.494 e. The molecule has 1 aliphatic rings. The first-order valence-electron chi connectivity index (χ1n) is 10.3. The molecule has 0 spiro atoms. The van der Waals surface area contributed by atoms with E-state index in [0.717, 1.165) is 50.2 Å². The van der Waals surface area contributed by atoms with Gasteiger partial charge in [0.05, 0.1) is 12.7 Å². The summed E-state index contributed by atoms with van der Waals surface area (Å²) in [6.45, 7) is 4.95. The van der Waals surface area contributed by atoms with Gasteiger partial charge in [-0.1, -0.05) is 29.8 Å². The van der Waals surface area contributed by atoms with Crippen molar-refractivity contribution in [3.8, 4) is 11.8 Å². The summed E-state index contributed by atoms with van der Waals surface area (Å²) in [4.78, 5) is 14.6. The number of carbonyl (C=O) groups excluding carboxylic acids is 1. The van der Waals surface area contributed by atoms with Gasteiger partial charge in [0, 0.05) is 37.7 Å². The molecule has 1 N–H and O–H groups in total. The molecule has 0 radical (unpaired) electrons. The molecule has 1 saturated heterocycles. The van der Waals surface area contributed by atoms with Gasteiger partial charge in [0.25, 0.3) is 5.91 Å². The Hall–Kier alpha value is -2.84. The van der Waals surface area contributed by atoms with Gasteiger partial charge in [-0.2, -0.15) is 5.26 Å². The van der Waals surface area contributed by atoms with Gasteiger partial charge in [-0.3, -0.25) is 4.79 Å². The molecule has 29 heavy (non-hydrogen) atoms. The lowest BCUT2D eigenvalue weighted by atomic mass is 10.0. The summed E-state index contributed by atoms with van der Waals surface area (Å²) in [5.41, 5.74) is 3.12. The van der Waals surface area contributed by atoms with E-state index in [4.69, 9.17) is 10.00 Å². The highest BCUT2D eigenvalue weighted by atomic mass is 16.5. The Balaban J connectivity index is 1.42. The van der Waals surface area contributed by atoms with Gasteiger partial charge in [-0.25, -0.2) is 0 Å². The molecule has 0 aliphatic carbocycles. The van der Waals surface area contributed by atoms with Crippen LogP contribution in [0, 0.1) is 18.3 Å². The Morgan fingerprint density at radius 3 is 2.69 bits per heavy atom. The van der Waals surface area contributed by atoms with E-state index < -0.39 is 0 Å². The summed E-state index contributed by atoms with van der Waals surface area (Å²) in [5, 5.41) is 12.2. The van der Waals surface area contributed by atoms with Gasteiger partial charge in [0.1, 0.15) is 5.75 Å². The zero-order valence-corrected chi connectivity index (χ0v) is 17.1. The molecular formula is C24H29N3O2.